The molecule has 0 spiro atoms. The number of hydrogen-bond donors (Lipinski definition) is 3. The van der Waals surface area contributed by atoms with E-state index in [9.17, 15) is 13.2 Å². The summed E-state index contributed by atoms with van der Waals surface area (Å²) in [4.78, 5) is 30.8. The average Bonchev–Trinajstić information content (AvgIpc) is 2.81. The number of hydrogen-bond acceptors (Lipinski definition) is 9. The number of sulfonamides is 1. The minimum Gasteiger partial charge on any atom is -0.353 e. The number of hydroxylamine groups is 1. The first-order chi connectivity index (χ1) is 17.8. The molecule has 0 aliphatic carbocycles. The van der Waals surface area contributed by atoms with Crippen molar-refractivity contribution in [2.24, 2.45) is 0 Å². The predicted octanol–water partition coefficient (Wildman–Crippen LogP) is 4.32. The molecule has 3 N–H and O–H groups in total. The number of amides is 1. The lowest BCUT2D eigenvalue weighted by atomic mass is 10.0. The van der Waals surface area contributed by atoms with Crippen molar-refractivity contribution < 1.29 is 22.4 Å². The molecule has 204 valence electrons. The second kappa shape index (κ2) is 11.7. The van der Waals surface area contributed by atoms with Gasteiger partial charge >= 0.3 is 0 Å². The number of rotatable bonds is 10. The molecule has 2 heterocycles. The first-order valence-electron chi connectivity index (χ1n) is 11.9. The molecule has 3 aromatic rings. The van der Waals surface area contributed by atoms with Crippen LogP contribution >= 0.6 is 0 Å². The van der Waals surface area contributed by atoms with Crippen molar-refractivity contribution in [2.75, 3.05) is 34.8 Å². The van der Waals surface area contributed by atoms with E-state index in [1.165, 1.54) is 31.4 Å². The van der Waals surface area contributed by atoms with Crippen LogP contribution in [0.2, 0.25) is 0 Å². The van der Waals surface area contributed by atoms with Gasteiger partial charge in [-0.25, -0.2) is 33.2 Å². The zero-order valence-electron chi connectivity index (χ0n) is 22.4. The van der Waals surface area contributed by atoms with E-state index < -0.39 is 21.7 Å². The van der Waals surface area contributed by atoms with Gasteiger partial charge in [0.05, 0.1) is 35.5 Å². The Bertz CT molecular complexity index is 1430. The zero-order valence-corrected chi connectivity index (χ0v) is 23.2. The SMILES string of the molecule is CCONC(=O)c1cnc(Nc2cc(C)nc(C)n2)cc1Nc1cc(F)c(C(C)C)cc1N(C)S(C)(=O)=O. The van der Waals surface area contributed by atoms with Crippen LogP contribution < -0.4 is 20.4 Å². The molecular formula is C25H32FN7O4S. The molecule has 0 aliphatic rings. The topological polar surface area (TPSA) is 138 Å². The van der Waals surface area contributed by atoms with Gasteiger partial charge in [0.25, 0.3) is 5.91 Å². The summed E-state index contributed by atoms with van der Waals surface area (Å²) in [6.45, 7) is 9.15. The van der Waals surface area contributed by atoms with Gasteiger partial charge in [0.2, 0.25) is 10.0 Å². The Labute approximate surface area is 221 Å². The summed E-state index contributed by atoms with van der Waals surface area (Å²) in [5, 5.41) is 6.10. The molecule has 38 heavy (non-hydrogen) atoms. The number of carbonyl (C=O) groups is 1. The summed E-state index contributed by atoms with van der Waals surface area (Å²) in [5.74, 6) is 0.0693. The van der Waals surface area contributed by atoms with Gasteiger partial charge in [0, 0.05) is 31.1 Å². The summed E-state index contributed by atoms with van der Waals surface area (Å²) >= 11 is 0. The smallest absolute Gasteiger partial charge is 0.278 e. The lowest BCUT2D eigenvalue weighted by molar-refractivity contribution is 0.0365. The van der Waals surface area contributed by atoms with Crippen molar-refractivity contribution >= 4 is 44.6 Å². The Morgan fingerprint density at radius 3 is 2.39 bits per heavy atom. The molecule has 0 aliphatic heterocycles. The van der Waals surface area contributed by atoms with E-state index in [2.05, 4.69) is 31.1 Å². The fourth-order valence-electron chi connectivity index (χ4n) is 3.62. The number of nitrogens with zero attached hydrogens (tertiary/aromatic N) is 4. The van der Waals surface area contributed by atoms with E-state index in [0.717, 1.165) is 16.3 Å². The summed E-state index contributed by atoms with van der Waals surface area (Å²) in [5.41, 5.74) is 4.07. The maximum atomic E-state index is 15.1. The largest absolute Gasteiger partial charge is 0.353 e. The minimum absolute atomic E-state index is 0.0837. The van der Waals surface area contributed by atoms with Crippen LogP contribution in [0.5, 0.6) is 0 Å². The van der Waals surface area contributed by atoms with Gasteiger partial charge in [-0.05, 0) is 44.4 Å². The highest BCUT2D eigenvalue weighted by molar-refractivity contribution is 7.92. The van der Waals surface area contributed by atoms with Crippen molar-refractivity contribution in [2.45, 2.75) is 40.5 Å². The minimum atomic E-state index is -3.69. The molecule has 0 atom stereocenters. The van der Waals surface area contributed by atoms with Crippen molar-refractivity contribution in [1.82, 2.24) is 20.4 Å². The van der Waals surface area contributed by atoms with E-state index in [4.69, 9.17) is 4.84 Å². The molecule has 2 aromatic heterocycles. The molecule has 0 unspecified atom stereocenters. The summed E-state index contributed by atoms with van der Waals surface area (Å²) in [6, 6.07) is 5.96. The monoisotopic (exact) mass is 545 g/mol. The standard InChI is InChI=1S/C25H32FN7O4S/c1-8-37-32-25(34)18-13-27-23(31-24-9-15(4)28-16(5)29-24)12-20(18)30-21-11-19(26)17(14(2)3)10-22(21)33(6)38(7,35)36/h9-14H,8H2,1-7H3,(H,32,34)(H2,27,28,29,30,31). The maximum Gasteiger partial charge on any atom is 0.278 e. The third-order valence-electron chi connectivity index (χ3n) is 5.52. The number of aromatic nitrogens is 3. The number of halogens is 1. The van der Waals surface area contributed by atoms with Crippen LogP contribution in [0.4, 0.5) is 33.1 Å². The first kappa shape index (κ1) is 28.7. The van der Waals surface area contributed by atoms with Crippen LogP contribution in [0.15, 0.2) is 30.5 Å². The van der Waals surface area contributed by atoms with Gasteiger partial charge in [0.15, 0.2) is 0 Å². The van der Waals surface area contributed by atoms with Crippen molar-refractivity contribution in [1.29, 1.82) is 0 Å². The Morgan fingerprint density at radius 1 is 1.08 bits per heavy atom. The molecule has 1 amide bonds. The van der Waals surface area contributed by atoms with Gasteiger partial charge in [-0.2, -0.15) is 0 Å². The number of anilines is 5. The van der Waals surface area contributed by atoms with E-state index in [-0.39, 0.29) is 35.2 Å². The number of pyridine rings is 1. The second-order valence-electron chi connectivity index (χ2n) is 8.95. The van der Waals surface area contributed by atoms with Gasteiger partial charge in [-0.3, -0.25) is 13.9 Å². The summed E-state index contributed by atoms with van der Waals surface area (Å²) in [6.07, 6.45) is 2.37. The van der Waals surface area contributed by atoms with Crippen LogP contribution in [0.1, 0.15) is 54.1 Å². The van der Waals surface area contributed by atoms with Crippen LogP contribution in [-0.4, -0.2) is 49.2 Å². The Morgan fingerprint density at radius 2 is 1.79 bits per heavy atom. The van der Waals surface area contributed by atoms with Gasteiger partial charge in [-0.1, -0.05) is 13.8 Å². The first-order valence-corrected chi connectivity index (χ1v) is 13.7. The molecule has 0 saturated heterocycles. The van der Waals surface area contributed by atoms with E-state index in [0.29, 0.717) is 23.0 Å². The third-order valence-corrected chi connectivity index (χ3v) is 6.71. The Balaban J connectivity index is 2.14. The highest BCUT2D eigenvalue weighted by Crippen LogP contribution is 2.36. The third kappa shape index (κ3) is 6.92. The second-order valence-corrected chi connectivity index (χ2v) is 11.0. The van der Waals surface area contributed by atoms with Gasteiger partial charge in [-0.15, -0.1) is 0 Å². The van der Waals surface area contributed by atoms with Crippen LogP contribution in [0, 0.1) is 19.7 Å². The maximum absolute atomic E-state index is 15.1. The van der Waals surface area contributed by atoms with E-state index >= 15 is 4.39 Å². The summed E-state index contributed by atoms with van der Waals surface area (Å²) in [7, 11) is -2.31. The average molecular weight is 546 g/mol. The molecule has 0 saturated carbocycles. The molecule has 0 radical (unpaired) electrons. The quantitative estimate of drug-likeness (QED) is 0.318. The lowest BCUT2D eigenvalue weighted by Gasteiger charge is -2.24. The van der Waals surface area contributed by atoms with Crippen molar-refractivity contribution in [3.8, 4) is 0 Å². The number of carbonyl (C=O) groups excluding carboxylic acids is 1. The Hall–Kier alpha value is -3.84. The molecule has 0 fully saturated rings. The molecular weight excluding hydrogens is 513 g/mol. The van der Waals surface area contributed by atoms with E-state index in [1.54, 1.807) is 19.9 Å². The molecule has 13 heteroatoms. The fourth-order valence-corrected chi connectivity index (χ4v) is 4.13. The molecule has 0 bridgehead atoms. The zero-order chi connectivity index (χ0) is 28.2. The predicted molar refractivity (Wildman–Crippen MR) is 145 cm³/mol. The molecule has 1 aromatic carbocycles. The molecule has 3 rings (SSSR count). The van der Waals surface area contributed by atoms with Crippen molar-refractivity contribution in [3.05, 3.63) is 58.9 Å². The van der Waals surface area contributed by atoms with Crippen LogP contribution in [-0.2, 0) is 14.9 Å². The molecule has 11 nitrogen and oxygen atoms in total. The van der Waals surface area contributed by atoms with Crippen LogP contribution in [0.25, 0.3) is 0 Å². The van der Waals surface area contributed by atoms with Crippen LogP contribution in [0.3, 0.4) is 0 Å². The highest BCUT2D eigenvalue weighted by atomic mass is 32.2. The van der Waals surface area contributed by atoms with Crippen molar-refractivity contribution in [3.63, 3.8) is 0 Å². The number of nitrogens with one attached hydrogen (secondary N) is 3. The number of benzene rings is 1. The number of aryl methyl sites for hydroxylation is 2. The Kier molecular flexibility index (Phi) is 8.84. The van der Waals surface area contributed by atoms with Gasteiger partial charge < -0.3 is 10.6 Å². The normalized spacial score (nSPS) is 11.4. The fraction of sp³-hybridized carbons (Fsp3) is 0.360. The van der Waals surface area contributed by atoms with Gasteiger partial charge in [0.1, 0.15) is 23.3 Å². The highest BCUT2D eigenvalue weighted by Gasteiger charge is 2.22. The summed E-state index contributed by atoms with van der Waals surface area (Å²) < 4.78 is 40.9. The lowest BCUT2D eigenvalue weighted by Crippen LogP contribution is -2.26. The van der Waals surface area contributed by atoms with E-state index in [1.807, 2.05) is 20.8 Å².